The minimum Gasteiger partial charge on any atom is -0.493 e. The standard InChI is InChI=1S/C23H23FN8O3/c1-34-17-10-14(15(24)11-18(17)35-2)19(29-13-7-5-12(6-8-13)20(26)27)21-30-23(33)32(31-21)22-16(25)4-3-9-28-22/h3-11,19,29H,25H2,1-2H3,(H3,26,27)(H,30,31,33). The van der Waals surface area contributed by atoms with Crippen LogP contribution in [0.2, 0.25) is 0 Å². The molecule has 2 aromatic heterocycles. The van der Waals surface area contributed by atoms with E-state index in [-0.39, 0.29) is 34.5 Å². The van der Waals surface area contributed by atoms with E-state index in [2.05, 4.69) is 20.4 Å². The quantitative estimate of drug-likeness (QED) is 0.189. The minimum atomic E-state index is -0.961. The molecule has 2 heterocycles. The first-order chi connectivity index (χ1) is 16.8. The second kappa shape index (κ2) is 9.55. The molecule has 0 spiro atoms. The van der Waals surface area contributed by atoms with Crippen LogP contribution in [0, 0.1) is 11.2 Å². The first-order valence-electron chi connectivity index (χ1n) is 10.3. The molecule has 0 aliphatic heterocycles. The van der Waals surface area contributed by atoms with Gasteiger partial charge in [-0.05, 0) is 42.5 Å². The van der Waals surface area contributed by atoms with Gasteiger partial charge in [-0.2, -0.15) is 4.68 Å². The highest BCUT2D eigenvalue weighted by Gasteiger charge is 2.26. The molecule has 35 heavy (non-hydrogen) atoms. The largest absolute Gasteiger partial charge is 0.493 e. The molecule has 0 aliphatic carbocycles. The van der Waals surface area contributed by atoms with E-state index in [0.717, 1.165) is 4.68 Å². The normalized spacial score (nSPS) is 11.6. The van der Waals surface area contributed by atoms with Crippen LogP contribution in [0.1, 0.15) is 23.0 Å². The molecule has 4 rings (SSSR count). The van der Waals surface area contributed by atoms with E-state index >= 15 is 4.39 Å². The van der Waals surface area contributed by atoms with Gasteiger partial charge < -0.3 is 26.3 Å². The molecule has 1 atom stereocenters. The van der Waals surface area contributed by atoms with Crippen LogP contribution >= 0.6 is 0 Å². The van der Waals surface area contributed by atoms with Gasteiger partial charge in [0.05, 0.1) is 19.9 Å². The fourth-order valence-corrected chi connectivity index (χ4v) is 3.50. The predicted octanol–water partition coefficient (Wildman–Crippen LogP) is 2.18. The summed E-state index contributed by atoms with van der Waals surface area (Å²) in [6, 6.07) is 11.5. The molecule has 0 amide bonds. The first kappa shape index (κ1) is 23.3. The second-order valence-electron chi connectivity index (χ2n) is 7.44. The van der Waals surface area contributed by atoms with Gasteiger partial charge in [0.2, 0.25) is 0 Å². The SMILES string of the molecule is COc1cc(F)c(C(Nc2ccc(C(=N)N)cc2)c2nn(-c3ncccc3N)c(=O)[nH]2)cc1OC. The van der Waals surface area contributed by atoms with Crippen molar-refractivity contribution in [3.8, 4) is 17.3 Å². The summed E-state index contributed by atoms with van der Waals surface area (Å²) >= 11 is 0. The zero-order chi connectivity index (χ0) is 25.1. The molecule has 11 nitrogen and oxygen atoms in total. The lowest BCUT2D eigenvalue weighted by Gasteiger charge is -2.20. The van der Waals surface area contributed by atoms with E-state index in [0.29, 0.717) is 17.0 Å². The summed E-state index contributed by atoms with van der Waals surface area (Å²) in [6.07, 6.45) is 1.48. The predicted molar refractivity (Wildman–Crippen MR) is 129 cm³/mol. The van der Waals surface area contributed by atoms with Crippen molar-refractivity contribution in [2.24, 2.45) is 5.73 Å². The van der Waals surface area contributed by atoms with Gasteiger partial charge in [-0.15, -0.1) is 5.10 Å². The fourth-order valence-electron chi connectivity index (χ4n) is 3.50. The Hall–Kier alpha value is -4.87. The molecule has 2 aromatic carbocycles. The van der Waals surface area contributed by atoms with Crippen LogP contribution in [0.4, 0.5) is 15.8 Å². The van der Waals surface area contributed by atoms with Crippen LogP contribution in [0.25, 0.3) is 5.82 Å². The number of nitrogen functional groups attached to an aromatic ring is 2. The number of methoxy groups -OCH3 is 2. The van der Waals surface area contributed by atoms with Gasteiger partial charge in [0, 0.05) is 29.1 Å². The number of rotatable bonds is 8. The van der Waals surface area contributed by atoms with E-state index in [9.17, 15) is 4.79 Å². The fraction of sp³-hybridized carbons (Fsp3) is 0.130. The molecule has 4 aromatic rings. The van der Waals surface area contributed by atoms with Gasteiger partial charge in [-0.3, -0.25) is 10.4 Å². The first-order valence-corrected chi connectivity index (χ1v) is 10.3. The molecule has 7 N–H and O–H groups in total. The molecule has 0 bridgehead atoms. The molecule has 0 radical (unpaired) electrons. The number of H-pyrrole nitrogens is 1. The molecule has 12 heteroatoms. The Balaban J connectivity index is 1.84. The number of nitrogens with one attached hydrogen (secondary N) is 3. The molecule has 0 saturated heterocycles. The van der Waals surface area contributed by atoms with Crippen LogP contribution in [0.5, 0.6) is 11.5 Å². The highest BCUT2D eigenvalue weighted by molar-refractivity contribution is 5.95. The van der Waals surface area contributed by atoms with Crippen molar-refractivity contribution in [3.05, 3.63) is 88.0 Å². The third-order valence-electron chi connectivity index (χ3n) is 5.25. The third-order valence-corrected chi connectivity index (χ3v) is 5.25. The van der Waals surface area contributed by atoms with E-state index in [1.54, 1.807) is 36.4 Å². The average molecular weight is 478 g/mol. The van der Waals surface area contributed by atoms with Gasteiger partial charge in [0.1, 0.15) is 17.7 Å². The van der Waals surface area contributed by atoms with Crippen molar-refractivity contribution < 1.29 is 13.9 Å². The number of benzene rings is 2. The number of hydrogen-bond acceptors (Lipinski definition) is 8. The summed E-state index contributed by atoms with van der Waals surface area (Å²) in [4.78, 5) is 19.5. The molecular weight excluding hydrogens is 455 g/mol. The number of halogens is 1. The van der Waals surface area contributed by atoms with Gasteiger partial charge >= 0.3 is 5.69 Å². The number of aromatic nitrogens is 4. The molecule has 0 fully saturated rings. The second-order valence-corrected chi connectivity index (χ2v) is 7.44. The van der Waals surface area contributed by atoms with Crippen LogP contribution in [-0.2, 0) is 0 Å². The summed E-state index contributed by atoms with van der Waals surface area (Å²) in [6.45, 7) is 0. The lowest BCUT2D eigenvalue weighted by atomic mass is 10.0. The van der Waals surface area contributed by atoms with Crippen molar-refractivity contribution in [1.29, 1.82) is 5.41 Å². The monoisotopic (exact) mass is 478 g/mol. The van der Waals surface area contributed by atoms with E-state index in [1.807, 2.05) is 0 Å². The summed E-state index contributed by atoms with van der Waals surface area (Å²) < 4.78 is 26.8. The lowest BCUT2D eigenvalue weighted by Crippen LogP contribution is -2.18. The maximum absolute atomic E-state index is 15.3. The van der Waals surface area contributed by atoms with Crippen LogP contribution < -0.4 is 31.9 Å². The van der Waals surface area contributed by atoms with Gasteiger partial charge in [0.15, 0.2) is 23.1 Å². The zero-order valence-electron chi connectivity index (χ0n) is 18.9. The van der Waals surface area contributed by atoms with Gasteiger partial charge in [0.25, 0.3) is 0 Å². The van der Waals surface area contributed by atoms with Crippen LogP contribution in [-0.4, -0.2) is 39.8 Å². The van der Waals surface area contributed by atoms with E-state index in [4.69, 9.17) is 26.4 Å². The number of hydrogen-bond donors (Lipinski definition) is 5. The Bertz CT molecular complexity index is 1430. The van der Waals surface area contributed by atoms with Crippen LogP contribution in [0.3, 0.4) is 0 Å². The highest BCUT2D eigenvalue weighted by Crippen LogP contribution is 2.35. The van der Waals surface area contributed by atoms with Gasteiger partial charge in [-0.1, -0.05) is 0 Å². The number of nitrogens with two attached hydrogens (primary N) is 2. The summed E-state index contributed by atoms with van der Waals surface area (Å²) in [7, 11) is 2.84. The van der Waals surface area contributed by atoms with Crippen LogP contribution in [0.15, 0.2) is 59.5 Å². The number of anilines is 2. The zero-order valence-corrected chi connectivity index (χ0v) is 18.9. The Labute approximate surface area is 199 Å². The van der Waals surface area contributed by atoms with Crippen molar-refractivity contribution in [1.82, 2.24) is 19.7 Å². The maximum atomic E-state index is 15.3. The van der Waals surface area contributed by atoms with Gasteiger partial charge in [-0.25, -0.2) is 14.2 Å². The van der Waals surface area contributed by atoms with E-state index < -0.39 is 17.5 Å². The number of pyridine rings is 1. The Morgan fingerprint density at radius 1 is 1.17 bits per heavy atom. The minimum absolute atomic E-state index is 0.0879. The lowest BCUT2D eigenvalue weighted by molar-refractivity contribution is 0.351. The Morgan fingerprint density at radius 3 is 2.49 bits per heavy atom. The van der Waals surface area contributed by atoms with Crippen molar-refractivity contribution in [2.75, 3.05) is 25.3 Å². The Kier molecular flexibility index (Phi) is 6.36. The summed E-state index contributed by atoms with van der Waals surface area (Å²) in [5.41, 5.74) is 12.3. The molecular formula is C23H23FN8O3. The highest BCUT2D eigenvalue weighted by atomic mass is 19.1. The molecule has 1 unspecified atom stereocenters. The van der Waals surface area contributed by atoms with Crippen molar-refractivity contribution in [3.63, 3.8) is 0 Å². The maximum Gasteiger partial charge on any atom is 0.349 e. The number of amidine groups is 1. The average Bonchev–Trinajstić information content (AvgIpc) is 3.24. The molecule has 0 aliphatic rings. The topological polar surface area (TPSA) is 170 Å². The van der Waals surface area contributed by atoms with E-state index in [1.165, 1.54) is 32.5 Å². The molecule has 180 valence electrons. The summed E-state index contributed by atoms with van der Waals surface area (Å²) in [5.74, 6) is 0.0273. The summed E-state index contributed by atoms with van der Waals surface area (Å²) in [5, 5.41) is 15.1. The Morgan fingerprint density at radius 2 is 1.86 bits per heavy atom. The smallest absolute Gasteiger partial charge is 0.349 e. The van der Waals surface area contributed by atoms with Crippen molar-refractivity contribution in [2.45, 2.75) is 6.04 Å². The van der Waals surface area contributed by atoms with Crippen molar-refractivity contribution >= 4 is 17.2 Å². The third kappa shape index (κ3) is 4.62. The number of nitrogens with zero attached hydrogens (tertiary/aromatic N) is 3. The molecule has 0 saturated carbocycles. The number of aromatic amines is 1. The number of ether oxygens (including phenoxy) is 2.